The first-order valence-electron chi connectivity index (χ1n) is 7.88. The van der Waals surface area contributed by atoms with E-state index in [1.54, 1.807) is 11.3 Å². The molecule has 106 valence electrons. The van der Waals surface area contributed by atoms with E-state index in [9.17, 15) is 4.79 Å². The Labute approximate surface area is 122 Å². The number of hydrogen-bond donors (Lipinski definition) is 0. The third-order valence-corrected chi connectivity index (χ3v) is 5.87. The molecule has 4 heteroatoms. The Kier molecular flexibility index (Phi) is 3.14. The fourth-order valence-electron chi connectivity index (χ4n) is 3.61. The van der Waals surface area contributed by atoms with Crippen molar-refractivity contribution in [2.24, 2.45) is 0 Å². The van der Waals surface area contributed by atoms with Crippen LogP contribution in [0, 0.1) is 0 Å². The van der Waals surface area contributed by atoms with Crippen molar-refractivity contribution in [2.75, 3.05) is 0 Å². The van der Waals surface area contributed by atoms with E-state index in [4.69, 9.17) is 4.98 Å². The Morgan fingerprint density at radius 2 is 1.75 bits per heavy atom. The van der Waals surface area contributed by atoms with Gasteiger partial charge >= 0.3 is 0 Å². The zero-order chi connectivity index (χ0) is 13.5. The molecular weight excluding hydrogens is 268 g/mol. The summed E-state index contributed by atoms with van der Waals surface area (Å²) in [5.41, 5.74) is 1.57. The van der Waals surface area contributed by atoms with Gasteiger partial charge in [-0.05, 0) is 44.1 Å². The fourth-order valence-corrected chi connectivity index (χ4v) is 4.88. The summed E-state index contributed by atoms with van der Waals surface area (Å²) < 4.78 is 1.98. The number of hydrogen-bond acceptors (Lipinski definition) is 3. The topological polar surface area (TPSA) is 34.9 Å². The second kappa shape index (κ2) is 4.99. The molecule has 0 atom stereocenters. The minimum absolute atomic E-state index is 0.242. The molecule has 0 aromatic carbocycles. The first-order valence-corrected chi connectivity index (χ1v) is 8.70. The van der Waals surface area contributed by atoms with E-state index < -0.39 is 0 Å². The SMILES string of the molecule is O=c1c2c3c(sc2nc2n1CCCCCC2)CCCC3. The predicted molar refractivity (Wildman–Crippen MR) is 82.7 cm³/mol. The van der Waals surface area contributed by atoms with Crippen molar-refractivity contribution in [2.45, 2.75) is 64.3 Å². The molecule has 2 aromatic rings. The van der Waals surface area contributed by atoms with E-state index in [-0.39, 0.29) is 5.56 Å². The molecule has 1 aliphatic carbocycles. The van der Waals surface area contributed by atoms with E-state index in [0.717, 1.165) is 48.3 Å². The molecule has 2 aromatic heterocycles. The summed E-state index contributed by atoms with van der Waals surface area (Å²) in [6.07, 6.45) is 10.5. The lowest BCUT2D eigenvalue weighted by Crippen LogP contribution is -2.26. The summed E-state index contributed by atoms with van der Waals surface area (Å²) in [5, 5.41) is 0.953. The molecule has 4 rings (SSSR count). The minimum atomic E-state index is 0.242. The van der Waals surface area contributed by atoms with Crippen molar-refractivity contribution in [1.82, 2.24) is 9.55 Å². The summed E-state index contributed by atoms with van der Waals surface area (Å²) in [7, 11) is 0. The Hall–Kier alpha value is -1.16. The normalized spacial score (nSPS) is 19.2. The average molecular weight is 288 g/mol. The van der Waals surface area contributed by atoms with E-state index in [2.05, 4.69) is 0 Å². The Morgan fingerprint density at radius 3 is 2.70 bits per heavy atom. The number of aromatic nitrogens is 2. The van der Waals surface area contributed by atoms with Crippen LogP contribution in [0.4, 0.5) is 0 Å². The standard InChI is InChI=1S/C16H20N2OS/c19-16-14-11-7-4-5-8-12(11)20-15(14)17-13-9-3-1-2-6-10-18(13)16/h1-10H2. The van der Waals surface area contributed by atoms with Crippen LogP contribution < -0.4 is 5.56 Å². The molecule has 0 unspecified atom stereocenters. The Balaban J connectivity index is 1.97. The third kappa shape index (κ3) is 1.93. The third-order valence-electron chi connectivity index (χ3n) is 4.69. The van der Waals surface area contributed by atoms with Crippen molar-refractivity contribution in [3.63, 3.8) is 0 Å². The van der Waals surface area contributed by atoms with Crippen LogP contribution >= 0.6 is 11.3 Å². The predicted octanol–water partition coefficient (Wildman–Crippen LogP) is 3.45. The zero-order valence-corrected chi connectivity index (χ0v) is 12.6. The van der Waals surface area contributed by atoms with Gasteiger partial charge in [-0.1, -0.05) is 12.8 Å². The molecule has 0 N–H and O–H groups in total. The van der Waals surface area contributed by atoms with Gasteiger partial charge in [0.1, 0.15) is 10.7 Å². The van der Waals surface area contributed by atoms with Crippen LogP contribution in [0.2, 0.25) is 0 Å². The summed E-state index contributed by atoms with van der Waals surface area (Å²) in [6.45, 7) is 0.863. The number of rotatable bonds is 0. The highest BCUT2D eigenvalue weighted by atomic mass is 32.1. The lowest BCUT2D eigenvalue weighted by atomic mass is 9.97. The van der Waals surface area contributed by atoms with Crippen LogP contribution in [0.5, 0.6) is 0 Å². The molecular formula is C16H20N2OS. The highest BCUT2D eigenvalue weighted by Gasteiger charge is 2.22. The van der Waals surface area contributed by atoms with Gasteiger partial charge in [-0.2, -0.15) is 0 Å². The first kappa shape index (κ1) is 12.6. The lowest BCUT2D eigenvalue weighted by molar-refractivity contribution is 0.500. The second-order valence-corrected chi connectivity index (χ2v) is 7.12. The zero-order valence-electron chi connectivity index (χ0n) is 11.8. The van der Waals surface area contributed by atoms with Crippen LogP contribution in [-0.4, -0.2) is 9.55 Å². The van der Waals surface area contributed by atoms with Gasteiger partial charge in [-0.3, -0.25) is 9.36 Å². The highest BCUT2D eigenvalue weighted by Crippen LogP contribution is 2.34. The van der Waals surface area contributed by atoms with Gasteiger partial charge in [0.25, 0.3) is 5.56 Å². The minimum Gasteiger partial charge on any atom is -0.296 e. The molecule has 20 heavy (non-hydrogen) atoms. The van der Waals surface area contributed by atoms with Gasteiger partial charge < -0.3 is 0 Å². The maximum Gasteiger partial charge on any atom is 0.262 e. The molecule has 2 aliphatic rings. The summed E-state index contributed by atoms with van der Waals surface area (Å²) >= 11 is 1.77. The van der Waals surface area contributed by atoms with Crippen LogP contribution in [0.15, 0.2) is 4.79 Å². The number of aryl methyl sites for hydroxylation is 3. The lowest BCUT2D eigenvalue weighted by Gasteiger charge is -2.16. The van der Waals surface area contributed by atoms with E-state index in [1.165, 1.54) is 42.5 Å². The van der Waals surface area contributed by atoms with E-state index in [1.807, 2.05) is 4.57 Å². The molecule has 0 saturated heterocycles. The fraction of sp³-hybridized carbons (Fsp3) is 0.625. The van der Waals surface area contributed by atoms with Gasteiger partial charge in [0, 0.05) is 17.8 Å². The van der Waals surface area contributed by atoms with Crippen molar-refractivity contribution in [3.8, 4) is 0 Å². The Bertz CT molecular complexity index is 713. The first-order chi connectivity index (χ1) is 9.84. The molecule has 3 heterocycles. The van der Waals surface area contributed by atoms with Crippen molar-refractivity contribution >= 4 is 21.6 Å². The van der Waals surface area contributed by atoms with Gasteiger partial charge in [0.05, 0.1) is 5.39 Å². The molecule has 1 aliphatic heterocycles. The van der Waals surface area contributed by atoms with E-state index in [0.29, 0.717) is 0 Å². The van der Waals surface area contributed by atoms with Gasteiger partial charge in [0.2, 0.25) is 0 Å². The van der Waals surface area contributed by atoms with Crippen molar-refractivity contribution in [3.05, 3.63) is 26.6 Å². The van der Waals surface area contributed by atoms with E-state index >= 15 is 0 Å². The van der Waals surface area contributed by atoms with Crippen LogP contribution in [-0.2, 0) is 25.8 Å². The molecule has 0 saturated carbocycles. The number of nitrogens with zero attached hydrogens (tertiary/aromatic N) is 2. The van der Waals surface area contributed by atoms with Crippen molar-refractivity contribution < 1.29 is 0 Å². The molecule has 0 spiro atoms. The molecule has 0 amide bonds. The molecule has 0 radical (unpaired) electrons. The van der Waals surface area contributed by atoms with Gasteiger partial charge in [0.15, 0.2) is 0 Å². The second-order valence-electron chi connectivity index (χ2n) is 6.04. The monoisotopic (exact) mass is 288 g/mol. The van der Waals surface area contributed by atoms with Crippen LogP contribution in [0.25, 0.3) is 10.2 Å². The van der Waals surface area contributed by atoms with Crippen LogP contribution in [0.1, 0.15) is 54.8 Å². The van der Waals surface area contributed by atoms with Gasteiger partial charge in [-0.25, -0.2) is 4.98 Å². The molecule has 0 bridgehead atoms. The molecule has 3 nitrogen and oxygen atoms in total. The smallest absolute Gasteiger partial charge is 0.262 e. The maximum absolute atomic E-state index is 12.9. The van der Waals surface area contributed by atoms with Crippen molar-refractivity contribution in [1.29, 1.82) is 0 Å². The molecule has 0 fully saturated rings. The Morgan fingerprint density at radius 1 is 0.950 bits per heavy atom. The largest absolute Gasteiger partial charge is 0.296 e. The average Bonchev–Trinajstić information content (AvgIpc) is 2.79. The van der Waals surface area contributed by atoms with Gasteiger partial charge in [-0.15, -0.1) is 11.3 Å². The maximum atomic E-state index is 12.9. The number of thiophene rings is 1. The summed E-state index contributed by atoms with van der Waals surface area (Å²) in [5.74, 6) is 1.03. The number of fused-ring (bicyclic) bond motifs is 4. The summed E-state index contributed by atoms with van der Waals surface area (Å²) in [4.78, 5) is 20.2. The van der Waals surface area contributed by atoms with Crippen LogP contribution in [0.3, 0.4) is 0 Å². The highest BCUT2D eigenvalue weighted by molar-refractivity contribution is 7.18. The quantitative estimate of drug-likeness (QED) is 0.744. The summed E-state index contributed by atoms with van der Waals surface area (Å²) in [6, 6.07) is 0.